The Morgan fingerprint density at radius 3 is 2.62 bits per heavy atom. The standard InChI is InChI=1S/C12H16BrNOS/c1-4-12(2,3)15-9-7-5-6-8(13)10(9)11(14)16/h5-7H,4H2,1-3H3,(H2,14,16). The molecule has 0 aliphatic carbocycles. The van der Waals surface area contributed by atoms with Gasteiger partial charge in [-0.15, -0.1) is 0 Å². The van der Waals surface area contributed by atoms with E-state index in [1.165, 1.54) is 0 Å². The molecule has 16 heavy (non-hydrogen) atoms. The molecule has 0 saturated carbocycles. The summed E-state index contributed by atoms with van der Waals surface area (Å²) in [4.78, 5) is 0.342. The molecule has 0 amide bonds. The van der Waals surface area contributed by atoms with E-state index < -0.39 is 0 Å². The predicted octanol–water partition coefficient (Wildman–Crippen LogP) is 3.65. The normalized spacial score (nSPS) is 11.2. The van der Waals surface area contributed by atoms with E-state index >= 15 is 0 Å². The Kier molecular flexibility index (Phi) is 4.33. The summed E-state index contributed by atoms with van der Waals surface area (Å²) in [6.45, 7) is 6.16. The minimum atomic E-state index is -0.222. The fourth-order valence-corrected chi connectivity index (χ4v) is 2.10. The van der Waals surface area contributed by atoms with Gasteiger partial charge in [-0.1, -0.05) is 25.2 Å². The molecule has 88 valence electrons. The van der Waals surface area contributed by atoms with Crippen LogP contribution in [0.25, 0.3) is 0 Å². The van der Waals surface area contributed by atoms with Crippen molar-refractivity contribution in [1.29, 1.82) is 0 Å². The molecule has 0 heterocycles. The van der Waals surface area contributed by atoms with Gasteiger partial charge < -0.3 is 10.5 Å². The molecule has 4 heteroatoms. The van der Waals surface area contributed by atoms with Crippen molar-refractivity contribution in [3.8, 4) is 5.75 Å². The first-order valence-electron chi connectivity index (χ1n) is 5.14. The van der Waals surface area contributed by atoms with Crippen LogP contribution in [0.1, 0.15) is 32.8 Å². The Hall–Kier alpha value is -0.610. The van der Waals surface area contributed by atoms with E-state index in [4.69, 9.17) is 22.7 Å². The van der Waals surface area contributed by atoms with Crippen molar-refractivity contribution in [3.63, 3.8) is 0 Å². The summed E-state index contributed by atoms with van der Waals surface area (Å²) in [6, 6.07) is 5.70. The highest BCUT2D eigenvalue weighted by Crippen LogP contribution is 2.30. The number of hydrogen-bond acceptors (Lipinski definition) is 2. The second-order valence-corrected chi connectivity index (χ2v) is 5.49. The van der Waals surface area contributed by atoms with E-state index in [0.29, 0.717) is 4.99 Å². The third-order valence-electron chi connectivity index (χ3n) is 2.46. The number of ether oxygens (including phenoxy) is 1. The zero-order valence-corrected chi connectivity index (χ0v) is 12.1. The van der Waals surface area contributed by atoms with Gasteiger partial charge in [0, 0.05) is 4.47 Å². The SMILES string of the molecule is CCC(C)(C)Oc1cccc(Br)c1C(N)=S. The summed E-state index contributed by atoms with van der Waals surface area (Å²) < 4.78 is 6.79. The highest BCUT2D eigenvalue weighted by Gasteiger charge is 2.20. The van der Waals surface area contributed by atoms with Gasteiger partial charge in [0.2, 0.25) is 0 Å². The lowest BCUT2D eigenvalue weighted by Crippen LogP contribution is -2.28. The summed E-state index contributed by atoms with van der Waals surface area (Å²) in [5.41, 5.74) is 6.24. The van der Waals surface area contributed by atoms with Crippen LogP contribution in [0.2, 0.25) is 0 Å². The highest BCUT2D eigenvalue weighted by molar-refractivity contribution is 9.10. The molecule has 1 rings (SSSR count). The van der Waals surface area contributed by atoms with Gasteiger partial charge in [0.1, 0.15) is 16.3 Å². The topological polar surface area (TPSA) is 35.2 Å². The molecule has 0 fully saturated rings. The molecule has 0 atom stereocenters. The molecule has 2 N–H and O–H groups in total. The van der Waals surface area contributed by atoms with Crippen LogP contribution in [0.4, 0.5) is 0 Å². The van der Waals surface area contributed by atoms with Gasteiger partial charge in [-0.25, -0.2) is 0 Å². The molecule has 0 spiro atoms. The molecular formula is C12H16BrNOS. The van der Waals surface area contributed by atoms with Crippen LogP contribution in [-0.4, -0.2) is 10.6 Å². The molecule has 1 aromatic carbocycles. The molecule has 0 aliphatic rings. The lowest BCUT2D eigenvalue weighted by molar-refractivity contribution is 0.105. The van der Waals surface area contributed by atoms with Gasteiger partial charge >= 0.3 is 0 Å². The van der Waals surface area contributed by atoms with E-state index in [9.17, 15) is 0 Å². The van der Waals surface area contributed by atoms with Crippen LogP contribution in [0.3, 0.4) is 0 Å². The maximum absolute atomic E-state index is 5.93. The Labute approximate surface area is 110 Å². The number of benzene rings is 1. The minimum Gasteiger partial charge on any atom is -0.487 e. The summed E-state index contributed by atoms with van der Waals surface area (Å²) in [5, 5.41) is 0. The molecule has 0 radical (unpaired) electrons. The van der Waals surface area contributed by atoms with Crippen LogP contribution in [0, 0.1) is 0 Å². The average Bonchev–Trinajstić information content (AvgIpc) is 2.16. The molecule has 0 bridgehead atoms. The van der Waals surface area contributed by atoms with E-state index in [1.807, 2.05) is 32.0 Å². The third kappa shape index (κ3) is 3.19. The van der Waals surface area contributed by atoms with Gasteiger partial charge in [0.05, 0.1) is 5.56 Å². The first-order chi connectivity index (χ1) is 7.37. The Bertz CT molecular complexity index is 404. The molecular weight excluding hydrogens is 286 g/mol. The van der Waals surface area contributed by atoms with Crippen molar-refractivity contribution in [2.24, 2.45) is 5.73 Å². The van der Waals surface area contributed by atoms with Crippen LogP contribution in [0.5, 0.6) is 5.75 Å². The molecule has 2 nitrogen and oxygen atoms in total. The number of nitrogens with two attached hydrogens (primary N) is 1. The summed E-state index contributed by atoms with van der Waals surface area (Å²) in [5.74, 6) is 0.730. The van der Waals surface area contributed by atoms with Gasteiger partial charge in [0.25, 0.3) is 0 Å². The Morgan fingerprint density at radius 2 is 2.12 bits per heavy atom. The lowest BCUT2D eigenvalue weighted by Gasteiger charge is -2.26. The van der Waals surface area contributed by atoms with Crippen LogP contribution >= 0.6 is 28.1 Å². The van der Waals surface area contributed by atoms with Crippen molar-refractivity contribution in [2.75, 3.05) is 0 Å². The van der Waals surface area contributed by atoms with Gasteiger partial charge in [0.15, 0.2) is 0 Å². The van der Waals surface area contributed by atoms with Crippen LogP contribution < -0.4 is 10.5 Å². The van der Waals surface area contributed by atoms with Crippen molar-refractivity contribution < 1.29 is 4.74 Å². The zero-order valence-electron chi connectivity index (χ0n) is 9.71. The van der Waals surface area contributed by atoms with Crippen LogP contribution in [0.15, 0.2) is 22.7 Å². The van der Waals surface area contributed by atoms with E-state index in [-0.39, 0.29) is 5.60 Å². The maximum Gasteiger partial charge on any atom is 0.131 e. The largest absolute Gasteiger partial charge is 0.487 e. The van der Waals surface area contributed by atoms with Gasteiger partial charge in [-0.2, -0.15) is 0 Å². The second kappa shape index (κ2) is 5.15. The Morgan fingerprint density at radius 1 is 1.50 bits per heavy atom. The lowest BCUT2D eigenvalue weighted by atomic mass is 10.1. The third-order valence-corrected chi connectivity index (χ3v) is 3.32. The number of rotatable bonds is 4. The van der Waals surface area contributed by atoms with E-state index in [1.54, 1.807) is 0 Å². The first-order valence-corrected chi connectivity index (χ1v) is 6.35. The van der Waals surface area contributed by atoms with E-state index in [2.05, 4.69) is 22.9 Å². The molecule has 0 aromatic heterocycles. The van der Waals surface area contributed by atoms with Crippen molar-refractivity contribution in [1.82, 2.24) is 0 Å². The predicted molar refractivity (Wildman–Crippen MR) is 75.0 cm³/mol. The fourth-order valence-electron chi connectivity index (χ4n) is 1.20. The zero-order chi connectivity index (χ0) is 12.3. The smallest absolute Gasteiger partial charge is 0.131 e. The molecule has 0 aliphatic heterocycles. The molecule has 0 saturated heterocycles. The number of thiocarbonyl (C=S) groups is 1. The number of hydrogen-bond donors (Lipinski definition) is 1. The summed E-state index contributed by atoms with van der Waals surface area (Å²) in [6.07, 6.45) is 0.913. The van der Waals surface area contributed by atoms with Crippen molar-refractivity contribution in [3.05, 3.63) is 28.2 Å². The summed E-state index contributed by atoms with van der Waals surface area (Å²) in [7, 11) is 0. The van der Waals surface area contributed by atoms with E-state index in [0.717, 1.165) is 22.2 Å². The molecule has 1 aromatic rings. The monoisotopic (exact) mass is 301 g/mol. The average molecular weight is 302 g/mol. The van der Waals surface area contributed by atoms with Crippen molar-refractivity contribution >= 4 is 33.1 Å². The second-order valence-electron chi connectivity index (χ2n) is 4.19. The van der Waals surface area contributed by atoms with Crippen LogP contribution in [-0.2, 0) is 0 Å². The Balaban J connectivity index is 3.14. The fraction of sp³-hybridized carbons (Fsp3) is 0.417. The minimum absolute atomic E-state index is 0.222. The van der Waals surface area contributed by atoms with Gasteiger partial charge in [-0.3, -0.25) is 0 Å². The molecule has 0 unspecified atom stereocenters. The summed E-state index contributed by atoms with van der Waals surface area (Å²) >= 11 is 8.46. The van der Waals surface area contributed by atoms with Gasteiger partial charge in [-0.05, 0) is 48.3 Å². The first kappa shape index (κ1) is 13.5. The quantitative estimate of drug-likeness (QED) is 0.862. The maximum atomic E-state index is 5.93. The highest BCUT2D eigenvalue weighted by atomic mass is 79.9. The number of halogens is 1. The van der Waals surface area contributed by atoms with Crippen molar-refractivity contribution in [2.45, 2.75) is 32.8 Å².